The molecule has 3 aromatic rings. The van der Waals surface area contributed by atoms with Crippen molar-refractivity contribution in [2.75, 3.05) is 18.4 Å². The quantitative estimate of drug-likeness (QED) is 0.625. The number of carbonyl (C=O) groups excluding carboxylic acids is 1. The maximum absolute atomic E-state index is 14.6. The van der Waals surface area contributed by atoms with Crippen LogP contribution in [0.5, 0.6) is 0 Å². The lowest BCUT2D eigenvalue weighted by molar-refractivity contribution is -0.125. The van der Waals surface area contributed by atoms with Crippen molar-refractivity contribution in [3.05, 3.63) is 51.7 Å². The standard InChI is InChI=1S/C22H23F2N5O2S/c1-12(29-6-5-22(23,24)15(11-29)17-9-26-19(30)10-25-17)20(31)28-21-27-16-7-13-3-2-4-14(13)8-18(16)32-21/h7-10,12,15H,2-6,11H2,1H3,(H,26,30)(H,27,28,31)/t12-,15-/m0/s1. The zero-order valence-corrected chi connectivity index (χ0v) is 18.3. The van der Waals surface area contributed by atoms with Crippen LogP contribution in [0.25, 0.3) is 10.2 Å². The summed E-state index contributed by atoms with van der Waals surface area (Å²) in [7, 11) is 0. The molecule has 0 saturated carbocycles. The van der Waals surface area contributed by atoms with Crippen LogP contribution in [0.3, 0.4) is 0 Å². The third-order valence-corrected chi connectivity index (χ3v) is 7.40. The van der Waals surface area contributed by atoms with Gasteiger partial charge in [0.2, 0.25) is 5.91 Å². The Morgan fingerprint density at radius 3 is 2.88 bits per heavy atom. The summed E-state index contributed by atoms with van der Waals surface area (Å²) < 4.78 is 30.2. The van der Waals surface area contributed by atoms with Gasteiger partial charge in [-0.15, -0.1) is 0 Å². The van der Waals surface area contributed by atoms with Crippen LogP contribution in [0.15, 0.2) is 29.3 Å². The van der Waals surface area contributed by atoms with E-state index < -0.39 is 23.4 Å². The lowest BCUT2D eigenvalue weighted by atomic mass is 9.90. The number of alkyl halides is 2. The van der Waals surface area contributed by atoms with Crippen molar-refractivity contribution >= 4 is 32.6 Å². The average Bonchev–Trinajstić information content (AvgIpc) is 3.37. The van der Waals surface area contributed by atoms with Gasteiger partial charge in [0.15, 0.2) is 5.13 Å². The Labute approximate surface area is 186 Å². The van der Waals surface area contributed by atoms with Crippen molar-refractivity contribution in [3.63, 3.8) is 0 Å². The van der Waals surface area contributed by atoms with Crippen molar-refractivity contribution in [1.82, 2.24) is 19.9 Å². The van der Waals surface area contributed by atoms with Gasteiger partial charge in [0, 0.05) is 25.7 Å². The number of aryl methyl sites for hydroxylation is 2. The Kier molecular flexibility index (Phi) is 5.29. The van der Waals surface area contributed by atoms with E-state index in [0.29, 0.717) is 5.13 Å². The lowest BCUT2D eigenvalue weighted by Crippen LogP contribution is -2.52. The van der Waals surface area contributed by atoms with Gasteiger partial charge in [0.05, 0.1) is 34.1 Å². The molecule has 168 valence electrons. The van der Waals surface area contributed by atoms with Gasteiger partial charge in [-0.1, -0.05) is 11.3 Å². The van der Waals surface area contributed by atoms with Crippen molar-refractivity contribution in [1.29, 1.82) is 0 Å². The molecule has 7 nitrogen and oxygen atoms in total. The number of aromatic nitrogens is 3. The van der Waals surface area contributed by atoms with Gasteiger partial charge < -0.3 is 10.3 Å². The Morgan fingerprint density at radius 2 is 2.12 bits per heavy atom. The molecule has 0 radical (unpaired) electrons. The van der Waals surface area contributed by atoms with Crippen LogP contribution in [0.1, 0.15) is 42.5 Å². The van der Waals surface area contributed by atoms with E-state index >= 15 is 0 Å². The molecular formula is C22H23F2N5O2S. The summed E-state index contributed by atoms with van der Waals surface area (Å²) in [6.07, 6.45) is 5.15. The second kappa shape index (κ2) is 8.00. The number of rotatable bonds is 4. The largest absolute Gasteiger partial charge is 0.326 e. The molecule has 2 atom stereocenters. The van der Waals surface area contributed by atoms with Crippen molar-refractivity contribution in [2.24, 2.45) is 0 Å². The smallest absolute Gasteiger partial charge is 0.266 e. The van der Waals surface area contributed by atoms with Gasteiger partial charge in [-0.3, -0.25) is 19.5 Å². The molecule has 1 amide bonds. The fourth-order valence-corrected chi connectivity index (χ4v) is 5.47. The molecule has 2 aromatic heterocycles. The van der Waals surface area contributed by atoms with E-state index in [9.17, 15) is 18.4 Å². The summed E-state index contributed by atoms with van der Waals surface area (Å²) in [5, 5.41) is 3.38. The molecular weight excluding hydrogens is 436 g/mol. The summed E-state index contributed by atoms with van der Waals surface area (Å²) in [6, 6.07) is 3.64. The Hall–Kier alpha value is -2.72. The number of nitrogens with zero attached hydrogens (tertiary/aromatic N) is 3. The fraction of sp³-hybridized carbons (Fsp3) is 0.455. The molecule has 1 fully saturated rings. The predicted molar refractivity (Wildman–Crippen MR) is 118 cm³/mol. The molecule has 1 saturated heterocycles. The first-order chi connectivity index (χ1) is 15.3. The van der Waals surface area contributed by atoms with E-state index in [1.54, 1.807) is 11.8 Å². The van der Waals surface area contributed by atoms with E-state index in [1.165, 1.54) is 28.7 Å². The number of nitrogens with one attached hydrogen (secondary N) is 2. The number of likely N-dealkylation sites (tertiary alicyclic amines) is 1. The number of amides is 1. The zero-order chi connectivity index (χ0) is 22.5. The Bertz CT molecular complexity index is 1180. The normalized spacial score (nSPS) is 21.4. The minimum Gasteiger partial charge on any atom is -0.326 e. The van der Waals surface area contributed by atoms with Crippen molar-refractivity contribution in [3.8, 4) is 0 Å². The first kappa shape index (κ1) is 21.1. The average molecular weight is 460 g/mol. The van der Waals surface area contributed by atoms with Gasteiger partial charge in [0.1, 0.15) is 0 Å². The summed E-state index contributed by atoms with van der Waals surface area (Å²) in [4.78, 5) is 36.7. The summed E-state index contributed by atoms with van der Waals surface area (Å²) in [5.74, 6) is -4.45. The number of aromatic amines is 1. The number of anilines is 1. The highest BCUT2D eigenvalue weighted by atomic mass is 32.1. The predicted octanol–water partition coefficient (Wildman–Crippen LogP) is 3.32. The number of piperidine rings is 1. The summed E-state index contributed by atoms with van der Waals surface area (Å²) in [6.45, 7) is 1.76. The second-order valence-corrected chi connectivity index (χ2v) is 9.55. The third kappa shape index (κ3) is 3.93. The number of halogens is 2. The number of benzene rings is 1. The lowest BCUT2D eigenvalue weighted by Gasteiger charge is -2.40. The molecule has 10 heteroatoms. The van der Waals surface area contributed by atoms with Crippen LogP contribution >= 0.6 is 11.3 Å². The highest BCUT2D eigenvalue weighted by Crippen LogP contribution is 2.40. The summed E-state index contributed by atoms with van der Waals surface area (Å²) >= 11 is 1.43. The number of hydrogen-bond donors (Lipinski definition) is 2. The molecule has 3 heterocycles. The highest BCUT2D eigenvalue weighted by molar-refractivity contribution is 7.22. The molecule has 1 aliphatic heterocycles. The van der Waals surface area contributed by atoms with Crippen molar-refractivity contribution < 1.29 is 13.6 Å². The van der Waals surface area contributed by atoms with Crippen LogP contribution in [0.4, 0.5) is 13.9 Å². The van der Waals surface area contributed by atoms with Gasteiger partial charge in [-0.05, 0) is 49.4 Å². The van der Waals surface area contributed by atoms with E-state index in [2.05, 4.69) is 32.4 Å². The molecule has 0 spiro atoms. The topological polar surface area (TPSA) is 91.0 Å². The number of carbonyl (C=O) groups is 1. The van der Waals surface area contributed by atoms with Gasteiger partial charge >= 0.3 is 0 Å². The SMILES string of the molecule is C[C@@H](C(=O)Nc1nc2cc3c(cc2s1)CCC3)N1CCC(F)(F)[C@H](c2c[nH]c(=O)cn2)C1. The molecule has 1 aliphatic carbocycles. The maximum Gasteiger partial charge on any atom is 0.266 e. The minimum absolute atomic E-state index is 0.0345. The van der Waals surface area contributed by atoms with Crippen molar-refractivity contribution in [2.45, 2.75) is 50.5 Å². The highest BCUT2D eigenvalue weighted by Gasteiger charge is 2.47. The monoisotopic (exact) mass is 459 g/mol. The van der Waals surface area contributed by atoms with Crippen LogP contribution in [-0.2, 0) is 17.6 Å². The molecule has 5 rings (SSSR count). The minimum atomic E-state index is -2.97. The Balaban J connectivity index is 1.30. The molecule has 0 bridgehead atoms. The molecule has 32 heavy (non-hydrogen) atoms. The first-order valence-electron chi connectivity index (χ1n) is 10.7. The third-order valence-electron chi connectivity index (χ3n) is 6.47. The van der Waals surface area contributed by atoms with E-state index in [0.717, 1.165) is 35.7 Å². The maximum atomic E-state index is 14.6. The van der Waals surface area contributed by atoms with Gasteiger partial charge in [-0.25, -0.2) is 13.8 Å². The molecule has 2 N–H and O–H groups in total. The summed E-state index contributed by atoms with van der Waals surface area (Å²) in [5.41, 5.74) is 3.22. The number of thiazole rings is 1. The van der Waals surface area contributed by atoms with Crippen LogP contribution in [0.2, 0.25) is 0 Å². The zero-order valence-electron chi connectivity index (χ0n) is 17.5. The fourth-order valence-electron chi connectivity index (χ4n) is 4.55. The van der Waals surface area contributed by atoms with Gasteiger partial charge in [-0.2, -0.15) is 0 Å². The van der Waals surface area contributed by atoms with Crippen LogP contribution in [0, 0.1) is 0 Å². The first-order valence-corrected chi connectivity index (χ1v) is 11.5. The van der Waals surface area contributed by atoms with Gasteiger partial charge in [0.25, 0.3) is 11.5 Å². The van der Waals surface area contributed by atoms with Crippen LogP contribution in [-0.4, -0.2) is 50.8 Å². The number of fused-ring (bicyclic) bond motifs is 2. The van der Waals surface area contributed by atoms with E-state index in [-0.39, 0.29) is 31.1 Å². The van der Waals surface area contributed by atoms with Crippen LogP contribution < -0.4 is 10.9 Å². The second-order valence-electron chi connectivity index (χ2n) is 8.52. The Morgan fingerprint density at radius 1 is 1.34 bits per heavy atom. The number of H-pyrrole nitrogens is 1. The molecule has 0 unspecified atom stereocenters. The van der Waals surface area contributed by atoms with E-state index in [1.807, 2.05) is 0 Å². The number of hydrogen-bond acceptors (Lipinski definition) is 6. The van der Waals surface area contributed by atoms with E-state index in [4.69, 9.17) is 0 Å². The molecule has 2 aliphatic rings. The molecule has 1 aromatic carbocycles.